The summed E-state index contributed by atoms with van der Waals surface area (Å²) >= 11 is 3.38. The Balaban J connectivity index is 2.08. The summed E-state index contributed by atoms with van der Waals surface area (Å²) in [6.45, 7) is 1.96. The van der Waals surface area contributed by atoms with Crippen LogP contribution in [0.15, 0.2) is 53.0 Å². The van der Waals surface area contributed by atoms with Crippen molar-refractivity contribution < 1.29 is 9.84 Å². The number of hydrogen-bond acceptors (Lipinski definition) is 2. The molecule has 0 fully saturated rings. The van der Waals surface area contributed by atoms with Crippen LogP contribution in [0.25, 0.3) is 0 Å². The van der Waals surface area contributed by atoms with Gasteiger partial charge in [-0.2, -0.15) is 0 Å². The maximum absolute atomic E-state index is 9.69. The third-order valence-corrected chi connectivity index (χ3v) is 3.23. The SMILES string of the molecule is CCC(O)c1ccc(Oc2ccc(Br)cc2)cc1. The summed E-state index contributed by atoms with van der Waals surface area (Å²) in [6.07, 6.45) is 0.319. The molecule has 2 nitrogen and oxygen atoms in total. The van der Waals surface area contributed by atoms with E-state index in [1.54, 1.807) is 0 Å². The van der Waals surface area contributed by atoms with Crippen molar-refractivity contribution in [3.8, 4) is 11.5 Å². The summed E-state index contributed by atoms with van der Waals surface area (Å²) in [7, 11) is 0. The first-order valence-corrected chi connectivity index (χ1v) is 6.70. The van der Waals surface area contributed by atoms with Gasteiger partial charge in [-0.1, -0.05) is 35.0 Å². The molecule has 2 aromatic carbocycles. The van der Waals surface area contributed by atoms with Crippen molar-refractivity contribution in [3.63, 3.8) is 0 Å². The second-order valence-electron chi connectivity index (χ2n) is 4.05. The van der Waals surface area contributed by atoms with Gasteiger partial charge in [0.25, 0.3) is 0 Å². The normalized spacial score (nSPS) is 12.2. The van der Waals surface area contributed by atoms with Crippen LogP contribution < -0.4 is 4.74 Å². The molecular weight excluding hydrogens is 292 g/mol. The minimum atomic E-state index is -0.397. The molecule has 94 valence electrons. The maximum atomic E-state index is 9.69. The van der Waals surface area contributed by atoms with Crippen LogP contribution in [0, 0.1) is 0 Å². The van der Waals surface area contributed by atoms with Gasteiger partial charge in [-0.15, -0.1) is 0 Å². The molecule has 0 aromatic heterocycles. The van der Waals surface area contributed by atoms with Gasteiger partial charge >= 0.3 is 0 Å². The topological polar surface area (TPSA) is 29.5 Å². The van der Waals surface area contributed by atoms with Gasteiger partial charge in [0.2, 0.25) is 0 Å². The standard InChI is InChI=1S/C15H15BrO2/c1-2-15(17)11-3-7-13(8-4-11)18-14-9-5-12(16)6-10-14/h3-10,15,17H,2H2,1H3. The van der Waals surface area contributed by atoms with Crippen molar-refractivity contribution in [1.82, 2.24) is 0 Å². The van der Waals surface area contributed by atoms with E-state index >= 15 is 0 Å². The van der Waals surface area contributed by atoms with E-state index in [0.717, 1.165) is 21.5 Å². The summed E-state index contributed by atoms with van der Waals surface area (Å²) in [5, 5.41) is 9.69. The highest BCUT2D eigenvalue weighted by Crippen LogP contribution is 2.25. The van der Waals surface area contributed by atoms with Crippen molar-refractivity contribution in [1.29, 1.82) is 0 Å². The van der Waals surface area contributed by atoms with Crippen molar-refractivity contribution in [2.75, 3.05) is 0 Å². The highest BCUT2D eigenvalue weighted by molar-refractivity contribution is 9.10. The number of halogens is 1. The summed E-state index contributed by atoms with van der Waals surface area (Å²) in [4.78, 5) is 0. The van der Waals surface area contributed by atoms with Gasteiger partial charge in [-0.05, 0) is 48.4 Å². The van der Waals surface area contributed by atoms with E-state index in [-0.39, 0.29) is 0 Å². The fourth-order valence-electron chi connectivity index (χ4n) is 1.63. The van der Waals surface area contributed by atoms with E-state index in [1.807, 2.05) is 55.5 Å². The van der Waals surface area contributed by atoms with E-state index in [1.165, 1.54) is 0 Å². The second-order valence-corrected chi connectivity index (χ2v) is 4.96. The predicted octanol–water partition coefficient (Wildman–Crippen LogP) is 4.68. The largest absolute Gasteiger partial charge is 0.457 e. The smallest absolute Gasteiger partial charge is 0.127 e. The number of hydrogen-bond donors (Lipinski definition) is 1. The lowest BCUT2D eigenvalue weighted by Crippen LogP contribution is -1.94. The van der Waals surface area contributed by atoms with Crippen LogP contribution in [0.4, 0.5) is 0 Å². The van der Waals surface area contributed by atoms with Gasteiger partial charge in [0.05, 0.1) is 6.10 Å². The molecule has 0 amide bonds. The zero-order chi connectivity index (χ0) is 13.0. The van der Waals surface area contributed by atoms with Gasteiger partial charge < -0.3 is 9.84 Å². The van der Waals surface area contributed by atoms with Crippen molar-refractivity contribution in [2.45, 2.75) is 19.4 Å². The summed E-state index contributed by atoms with van der Waals surface area (Å²) < 4.78 is 6.72. The Morgan fingerprint density at radius 1 is 1.00 bits per heavy atom. The Morgan fingerprint density at radius 3 is 2.00 bits per heavy atom. The van der Waals surface area contributed by atoms with Gasteiger partial charge in [0, 0.05) is 4.47 Å². The second kappa shape index (κ2) is 6.03. The van der Waals surface area contributed by atoms with E-state index in [4.69, 9.17) is 4.74 Å². The number of benzene rings is 2. The first-order valence-electron chi connectivity index (χ1n) is 5.90. The number of rotatable bonds is 4. The molecule has 3 heteroatoms. The predicted molar refractivity (Wildman–Crippen MR) is 75.9 cm³/mol. The molecule has 2 rings (SSSR count). The monoisotopic (exact) mass is 306 g/mol. The molecule has 1 unspecified atom stereocenters. The van der Waals surface area contributed by atoms with Crippen molar-refractivity contribution in [3.05, 3.63) is 58.6 Å². The molecule has 0 spiro atoms. The molecule has 0 aliphatic carbocycles. The number of aliphatic hydroxyl groups is 1. The Kier molecular flexibility index (Phi) is 4.39. The summed E-state index contributed by atoms with van der Waals surface area (Å²) in [5.74, 6) is 1.56. The molecule has 0 aliphatic heterocycles. The molecule has 0 heterocycles. The number of aliphatic hydroxyl groups excluding tert-OH is 1. The first kappa shape index (κ1) is 13.1. The average molecular weight is 307 g/mol. The fourth-order valence-corrected chi connectivity index (χ4v) is 1.90. The lowest BCUT2D eigenvalue weighted by Gasteiger charge is -2.10. The van der Waals surface area contributed by atoms with Crippen LogP contribution in [-0.4, -0.2) is 5.11 Å². The van der Waals surface area contributed by atoms with Gasteiger partial charge in [-0.3, -0.25) is 0 Å². The lowest BCUT2D eigenvalue weighted by atomic mass is 10.1. The fraction of sp³-hybridized carbons (Fsp3) is 0.200. The van der Waals surface area contributed by atoms with Crippen LogP contribution in [0.5, 0.6) is 11.5 Å². The molecule has 1 N–H and O–H groups in total. The molecule has 2 aromatic rings. The average Bonchev–Trinajstić information content (AvgIpc) is 2.41. The summed E-state index contributed by atoms with van der Waals surface area (Å²) in [6, 6.07) is 15.2. The van der Waals surface area contributed by atoms with E-state index < -0.39 is 6.10 Å². The molecule has 0 radical (unpaired) electrons. The van der Waals surface area contributed by atoms with Gasteiger partial charge in [-0.25, -0.2) is 0 Å². The molecule has 0 aliphatic rings. The van der Waals surface area contributed by atoms with Crippen LogP contribution >= 0.6 is 15.9 Å². The first-order chi connectivity index (χ1) is 8.69. The quantitative estimate of drug-likeness (QED) is 0.888. The molecule has 18 heavy (non-hydrogen) atoms. The molecular formula is C15H15BrO2. The Bertz CT molecular complexity index is 491. The highest BCUT2D eigenvalue weighted by Gasteiger charge is 2.04. The third kappa shape index (κ3) is 3.34. The van der Waals surface area contributed by atoms with Crippen molar-refractivity contribution in [2.24, 2.45) is 0 Å². The molecule has 0 bridgehead atoms. The van der Waals surface area contributed by atoms with Gasteiger partial charge in [0.15, 0.2) is 0 Å². The Morgan fingerprint density at radius 2 is 1.50 bits per heavy atom. The van der Waals surface area contributed by atoms with Crippen molar-refractivity contribution >= 4 is 15.9 Å². The zero-order valence-corrected chi connectivity index (χ0v) is 11.7. The molecule has 0 saturated heterocycles. The minimum absolute atomic E-state index is 0.397. The van der Waals surface area contributed by atoms with Crippen LogP contribution in [0.1, 0.15) is 25.0 Å². The van der Waals surface area contributed by atoms with Gasteiger partial charge in [0.1, 0.15) is 11.5 Å². The van der Waals surface area contributed by atoms with E-state index in [9.17, 15) is 5.11 Å². The molecule has 1 atom stereocenters. The lowest BCUT2D eigenvalue weighted by molar-refractivity contribution is 0.173. The maximum Gasteiger partial charge on any atom is 0.127 e. The highest BCUT2D eigenvalue weighted by atomic mass is 79.9. The minimum Gasteiger partial charge on any atom is -0.457 e. The summed E-state index contributed by atoms with van der Waals surface area (Å²) in [5.41, 5.74) is 0.917. The van der Waals surface area contributed by atoms with Crippen LogP contribution in [0.3, 0.4) is 0 Å². The zero-order valence-electron chi connectivity index (χ0n) is 10.1. The van der Waals surface area contributed by atoms with E-state index in [2.05, 4.69) is 15.9 Å². The number of ether oxygens (including phenoxy) is 1. The molecule has 0 saturated carbocycles. The van der Waals surface area contributed by atoms with Crippen LogP contribution in [-0.2, 0) is 0 Å². The van der Waals surface area contributed by atoms with Crippen LogP contribution in [0.2, 0.25) is 0 Å². The van der Waals surface area contributed by atoms with E-state index in [0.29, 0.717) is 6.42 Å². The Hall–Kier alpha value is -1.32. The Labute approximate surface area is 115 Å². The third-order valence-electron chi connectivity index (χ3n) is 2.70.